The summed E-state index contributed by atoms with van der Waals surface area (Å²) >= 11 is 0. The van der Waals surface area contributed by atoms with Gasteiger partial charge in [0, 0.05) is 12.6 Å². The maximum Gasteiger partial charge on any atom is 0.390 e. The molecule has 1 N–H and O–H groups in total. The molecule has 0 aromatic carbocycles. The van der Waals surface area contributed by atoms with E-state index in [1.807, 2.05) is 11.8 Å². The van der Waals surface area contributed by atoms with E-state index in [1.165, 1.54) is 0 Å². The van der Waals surface area contributed by atoms with Gasteiger partial charge in [-0.1, -0.05) is 6.92 Å². The standard InChI is InChI=1S/C10H19F3N2/c1-2-15(8-5-10(11,12)13)9-3-6-14-7-4-9/h9,14H,2-8H2,1H3. The summed E-state index contributed by atoms with van der Waals surface area (Å²) in [7, 11) is 0. The summed E-state index contributed by atoms with van der Waals surface area (Å²) in [5, 5.41) is 3.22. The van der Waals surface area contributed by atoms with Gasteiger partial charge in [0.15, 0.2) is 0 Å². The molecule has 0 unspecified atom stereocenters. The molecule has 0 saturated carbocycles. The second-order valence-corrected chi connectivity index (χ2v) is 3.97. The molecule has 1 aliphatic rings. The molecule has 1 saturated heterocycles. The Bertz CT molecular complexity index is 176. The molecular weight excluding hydrogens is 205 g/mol. The lowest BCUT2D eigenvalue weighted by Gasteiger charge is -2.34. The van der Waals surface area contributed by atoms with Crippen molar-refractivity contribution in [2.24, 2.45) is 0 Å². The van der Waals surface area contributed by atoms with Gasteiger partial charge in [0.05, 0.1) is 6.42 Å². The van der Waals surface area contributed by atoms with E-state index < -0.39 is 12.6 Å². The van der Waals surface area contributed by atoms with Crippen LogP contribution in [0.1, 0.15) is 26.2 Å². The van der Waals surface area contributed by atoms with Gasteiger partial charge < -0.3 is 10.2 Å². The Morgan fingerprint density at radius 1 is 1.27 bits per heavy atom. The Kier molecular flexibility index (Phi) is 4.86. The Morgan fingerprint density at radius 3 is 2.33 bits per heavy atom. The first-order chi connectivity index (χ1) is 7.03. The van der Waals surface area contributed by atoms with Gasteiger partial charge in [0.25, 0.3) is 0 Å². The van der Waals surface area contributed by atoms with Gasteiger partial charge in [-0.3, -0.25) is 0 Å². The summed E-state index contributed by atoms with van der Waals surface area (Å²) in [4.78, 5) is 1.95. The molecule has 0 amide bonds. The van der Waals surface area contributed by atoms with E-state index in [1.54, 1.807) is 0 Å². The summed E-state index contributed by atoms with van der Waals surface area (Å²) in [5.74, 6) is 0. The van der Waals surface area contributed by atoms with Gasteiger partial charge >= 0.3 is 6.18 Å². The maximum absolute atomic E-state index is 12.1. The van der Waals surface area contributed by atoms with E-state index in [-0.39, 0.29) is 6.54 Å². The molecule has 5 heteroatoms. The average Bonchev–Trinajstić information content (AvgIpc) is 2.19. The Balaban J connectivity index is 2.34. The third-order valence-corrected chi connectivity index (χ3v) is 2.91. The molecule has 0 radical (unpaired) electrons. The minimum absolute atomic E-state index is 0.144. The van der Waals surface area contributed by atoms with Crippen molar-refractivity contribution in [3.05, 3.63) is 0 Å². The van der Waals surface area contributed by atoms with Crippen LogP contribution in [0.25, 0.3) is 0 Å². The molecule has 1 aliphatic heterocycles. The third-order valence-electron chi connectivity index (χ3n) is 2.91. The molecule has 1 fully saturated rings. The summed E-state index contributed by atoms with van der Waals surface area (Å²) in [6.07, 6.45) is -2.79. The number of rotatable bonds is 4. The number of hydrogen-bond donors (Lipinski definition) is 1. The van der Waals surface area contributed by atoms with Crippen LogP contribution in [0.5, 0.6) is 0 Å². The van der Waals surface area contributed by atoms with Gasteiger partial charge in [-0.2, -0.15) is 13.2 Å². The zero-order valence-electron chi connectivity index (χ0n) is 9.11. The van der Waals surface area contributed by atoms with Crippen molar-refractivity contribution in [2.75, 3.05) is 26.2 Å². The van der Waals surface area contributed by atoms with Crippen molar-refractivity contribution in [2.45, 2.75) is 38.4 Å². The fraction of sp³-hybridized carbons (Fsp3) is 1.00. The van der Waals surface area contributed by atoms with Crippen LogP contribution in [0, 0.1) is 0 Å². The van der Waals surface area contributed by atoms with Crippen LogP contribution in [0.3, 0.4) is 0 Å². The fourth-order valence-corrected chi connectivity index (χ4v) is 2.04. The van der Waals surface area contributed by atoms with Crippen LogP contribution in [0.2, 0.25) is 0 Å². The molecule has 2 nitrogen and oxygen atoms in total. The number of hydrogen-bond acceptors (Lipinski definition) is 2. The van der Waals surface area contributed by atoms with E-state index in [4.69, 9.17) is 0 Å². The lowest BCUT2D eigenvalue weighted by molar-refractivity contribution is -0.139. The Hall–Kier alpha value is -0.290. The number of nitrogens with zero attached hydrogens (tertiary/aromatic N) is 1. The third kappa shape index (κ3) is 4.84. The molecule has 0 aliphatic carbocycles. The SMILES string of the molecule is CCN(CCC(F)(F)F)C1CCNCC1. The lowest BCUT2D eigenvalue weighted by Crippen LogP contribution is -2.44. The minimum atomic E-state index is -4.03. The molecule has 1 heterocycles. The molecule has 0 bridgehead atoms. The van der Waals surface area contributed by atoms with Crippen LogP contribution < -0.4 is 5.32 Å². The molecule has 0 aromatic heterocycles. The largest absolute Gasteiger partial charge is 0.390 e. The van der Waals surface area contributed by atoms with Gasteiger partial charge in [0.2, 0.25) is 0 Å². The first-order valence-electron chi connectivity index (χ1n) is 5.54. The van der Waals surface area contributed by atoms with Crippen LogP contribution in [0.4, 0.5) is 13.2 Å². The van der Waals surface area contributed by atoms with Crippen LogP contribution in [-0.2, 0) is 0 Å². The van der Waals surface area contributed by atoms with Crippen molar-refractivity contribution < 1.29 is 13.2 Å². The monoisotopic (exact) mass is 224 g/mol. The van der Waals surface area contributed by atoms with E-state index in [9.17, 15) is 13.2 Å². The summed E-state index contributed by atoms with van der Waals surface area (Å²) in [6, 6.07) is 0.332. The summed E-state index contributed by atoms with van der Waals surface area (Å²) < 4.78 is 36.2. The molecule has 15 heavy (non-hydrogen) atoms. The highest BCUT2D eigenvalue weighted by atomic mass is 19.4. The van der Waals surface area contributed by atoms with E-state index in [0.29, 0.717) is 12.6 Å². The molecule has 1 rings (SSSR count). The van der Waals surface area contributed by atoms with Crippen LogP contribution in [-0.4, -0.2) is 43.3 Å². The predicted octanol–water partition coefficient (Wildman–Crippen LogP) is 2.01. The maximum atomic E-state index is 12.1. The Morgan fingerprint density at radius 2 is 1.87 bits per heavy atom. The average molecular weight is 224 g/mol. The lowest BCUT2D eigenvalue weighted by atomic mass is 10.0. The van der Waals surface area contributed by atoms with Crippen molar-refractivity contribution in [3.63, 3.8) is 0 Å². The van der Waals surface area contributed by atoms with E-state index in [0.717, 1.165) is 25.9 Å². The highest BCUT2D eigenvalue weighted by Gasteiger charge is 2.29. The quantitative estimate of drug-likeness (QED) is 0.786. The van der Waals surface area contributed by atoms with E-state index in [2.05, 4.69) is 5.32 Å². The van der Waals surface area contributed by atoms with E-state index >= 15 is 0 Å². The van der Waals surface area contributed by atoms with Crippen molar-refractivity contribution in [1.29, 1.82) is 0 Å². The number of piperidine rings is 1. The zero-order valence-corrected chi connectivity index (χ0v) is 9.11. The van der Waals surface area contributed by atoms with Crippen LogP contribution in [0.15, 0.2) is 0 Å². The fourth-order valence-electron chi connectivity index (χ4n) is 2.04. The van der Waals surface area contributed by atoms with Crippen molar-refractivity contribution in [3.8, 4) is 0 Å². The molecule has 90 valence electrons. The van der Waals surface area contributed by atoms with Gasteiger partial charge in [-0.15, -0.1) is 0 Å². The second-order valence-electron chi connectivity index (χ2n) is 3.97. The second kappa shape index (κ2) is 5.70. The van der Waals surface area contributed by atoms with Crippen molar-refractivity contribution >= 4 is 0 Å². The zero-order chi connectivity index (χ0) is 11.3. The number of alkyl halides is 3. The van der Waals surface area contributed by atoms with Crippen molar-refractivity contribution in [1.82, 2.24) is 10.2 Å². The first-order valence-corrected chi connectivity index (χ1v) is 5.54. The smallest absolute Gasteiger partial charge is 0.317 e. The normalized spacial score (nSPS) is 19.8. The number of halogens is 3. The van der Waals surface area contributed by atoms with Gasteiger partial charge in [-0.05, 0) is 32.5 Å². The highest BCUT2D eigenvalue weighted by molar-refractivity contribution is 4.77. The topological polar surface area (TPSA) is 15.3 Å². The molecule has 0 atom stereocenters. The van der Waals surface area contributed by atoms with Gasteiger partial charge in [-0.25, -0.2) is 0 Å². The summed E-state index contributed by atoms with van der Waals surface area (Å²) in [6.45, 7) is 4.63. The van der Waals surface area contributed by atoms with Gasteiger partial charge in [0.1, 0.15) is 0 Å². The molecule has 0 aromatic rings. The molecule has 0 spiro atoms. The predicted molar refractivity (Wildman–Crippen MR) is 53.8 cm³/mol. The molecular formula is C10H19F3N2. The summed E-state index contributed by atoms with van der Waals surface area (Å²) in [5.41, 5.74) is 0. The number of nitrogens with one attached hydrogen (secondary N) is 1. The minimum Gasteiger partial charge on any atom is -0.317 e. The Labute approximate surface area is 88.8 Å². The first kappa shape index (κ1) is 12.8. The highest BCUT2D eigenvalue weighted by Crippen LogP contribution is 2.21. The van der Waals surface area contributed by atoms with Crippen LogP contribution >= 0.6 is 0 Å².